The first kappa shape index (κ1) is 13.1. The van der Waals surface area contributed by atoms with Gasteiger partial charge in [-0.2, -0.15) is 26.3 Å². The number of phenolic OH excluding ortho intramolecular Hbond substituents is 1. The summed E-state index contributed by atoms with van der Waals surface area (Å²) < 4.78 is 72.3. The third kappa shape index (κ3) is 2.42. The summed E-state index contributed by atoms with van der Waals surface area (Å²) in [6.07, 6.45) is -9.74. The molecule has 0 aliphatic heterocycles. The van der Waals surface area contributed by atoms with Crippen molar-refractivity contribution in [2.45, 2.75) is 12.4 Å². The zero-order chi connectivity index (χ0) is 12.7. The standard InChI is InChI=1S/C8H3BrF6O/c9-5-3(7(10,11)12)1-2-4(6(5)16)8(13,14)15/h1-2,16H. The van der Waals surface area contributed by atoms with Gasteiger partial charge in [0.1, 0.15) is 5.75 Å². The van der Waals surface area contributed by atoms with E-state index in [4.69, 9.17) is 5.11 Å². The molecular weight excluding hydrogens is 306 g/mol. The van der Waals surface area contributed by atoms with Crippen LogP contribution in [0.1, 0.15) is 11.1 Å². The fourth-order valence-corrected chi connectivity index (χ4v) is 1.58. The minimum atomic E-state index is -4.91. The maximum Gasteiger partial charge on any atom is 0.419 e. The normalized spacial score (nSPS) is 12.9. The summed E-state index contributed by atoms with van der Waals surface area (Å²) in [7, 11) is 0. The van der Waals surface area contributed by atoms with Gasteiger partial charge in [0.05, 0.1) is 15.6 Å². The molecule has 0 aromatic heterocycles. The molecule has 0 radical (unpaired) electrons. The van der Waals surface area contributed by atoms with Crippen LogP contribution < -0.4 is 0 Å². The van der Waals surface area contributed by atoms with Gasteiger partial charge >= 0.3 is 12.4 Å². The van der Waals surface area contributed by atoms with Crippen LogP contribution in [0.25, 0.3) is 0 Å². The predicted molar refractivity (Wildman–Crippen MR) is 45.8 cm³/mol. The minimum absolute atomic E-state index is 0.183. The van der Waals surface area contributed by atoms with Crippen molar-refractivity contribution < 1.29 is 31.4 Å². The number of hydrogen-bond donors (Lipinski definition) is 1. The molecule has 0 heterocycles. The molecule has 1 nitrogen and oxygen atoms in total. The van der Waals surface area contributed by atoms with E-state index in [0.717, 1.165) is 0 Å². The van der Waals surface area contributed by atoms with Gasteiger partial charge < -0.3 is 5.11 Å². The lowest BCUT2D eigenvalue weighted by atomic mass is 10.1. The van der Waals surface area contributed by atoms with Crippen LogP contribution in [0, 0.1) is 0 Å². The van der Waals surface area contributed by atoms with Crippen LogP contribution in [0.2, 0.25) is 0 Å². The highest BCUT2D eigenvalue weighted by Crippen LogP contribution is 2.45. The Hall–Kier alpha value is -0.920. The van der Waals surface area contributed by atoms with Crippen LogP contribution >= 0.6 is 15.9 Å². The molecule has 0 amide bonds. The largest absolute Gasteiger partial charge is 0.506 e. The lowest BCUT2D eigenvalue weighted by Crippen LogP contribution is -2.10. The summed E-state index contributed by atoms with van der Waals surface area (Å²) in [5, 5.41) is 9.01. The molecular formula is C8H3BrF6O. The maximum absolute atomic E-state index is 12.2. The third-order valence-corrected chi connectivity index (χ3v) is 2.53. The Balaban J connectivity index is 3.41. The van der Waals surface area contributed by atoms with E-state index < -0.39 is 33.7 Å². The minimum Gasteiger partial charge on any atom is -0.506 e. The van der Waals surface area contributed by atoms with E-state index >= 15 is 0 Å². The summed E-state index contributed by atoms with van der Waals surface area (Å²) in [5.41, 5.74) is -2.88. The molecule has 0 spiro atoms. The molecule has 1 aromatic carbocycles. The first-order valence-corrected chi connectivity index (χ1v) is 4.50. The number of alkyl halides is 6. The molecule has 1 N–H and O–H groups in total. The van der Waals surface area contributed by atoms with Gasteiger partial charge in [-0.15, -0.1) is 0 Å². The second-order valence-corrected chi connectivity index (χ2v) is 3.61. The summed E-state index contributed by atoms with van der Waals surface area (Å²) in [4.78, 5) is 0. The number of hydrogen-bond acceptors (Lipinski definition) is 1. The maximum atomic E-state index is 12.2. The molecule has 0 aliphatic carbocycles. The van der Waals surface area contributed by atoms with E-state index in [1.807, 2.05) is 0 Å². The number of aromatic hydroxyl groups is 1. The van der Waals surface area contributed by atoms with Gasteiger partial charge in [-0.25, -0.2) is 0 Å². The molecule has 0 bridgehead atoms. The Bertz CT molecular complexity index is 369. The van der Waals surface area contributed by atoms with E-state index in [2.05, 4.69) is 15.9 Å². The zero-order valence-corrected chi connectivity index (χ0v) is 8.83. The van der Waals surface area contributed by atoms with Gasteiger partial charge in [-0.05, 0) is 28.1 Å². The SMILES string of the molecule is Oc1c(C(F)(F)F)ccc(C(F)(F)F)c1Br. The lowest BCUT2D eigenvalue weighted by molar-refractivity contribution is -0.142. The smallest absolute Gasteiger partial charge is 0.419 e. The van der Waals surface area contributed by atoms with Crippen molar-refractivity contribution in [3.63, 3.8) is 0 Å². The number of benzene rings is 1. The van der Waals surface area contributed by atoms with Crippen molar-refractivity contribution in [3.8, 4) is 5.75 Å². The van der Waals surface area contributed by atoms with Crippen LogP contribution in [0.3, 0.4) is 0 Å². The first-order valence-electron chi connectivity index (χ1n) is 3.71. The van der Waals surface area contributed by atoms with Crippen LogP contribution in [-0.2, 0) is 12.4 Å². The monoisotopic (exact) mass is 308 g/mol. The van der Waals surface area contributed by atoms with Crippen molar-refractivity contribution in [2.24, 2.45) is 0 Å². The molecule has 0 aliphatic rings. The molecule has 0 fully saturated rings. The zero-order valence-electron chi connectivity index (χ0n) is 7.25. The van der Waals surface area contributed by atoms with Crippen LogP contribution in [0.4, 0.5) is 26.3 Å². The molecule has 0 unspecified atom stereocenters. The molecule has 1 rings (SSSR count). The highest BCUT2D eigenvalue weighted by Gasteiger charge is 2.39. The van der Waals surface area contributed by atoms with Crippen molar-refractivity contribution in [3.05, 3.63) is 27.7 Å². The van der Waals surface area contributed by atoms with Crippen molar-refractivity contribution in [1.82, 2.24) is 0 Å². The topological polar surface area (TPSA) is 20.2 Å². The van der Waals surface area contributed by atoms with E-state index in [0.29, 0.717) is 0 Å². The molecule has 90 valence electrons. The quantitative estimate of drug-likeness (QED) is 0.712. The summed E-state index contributed by atoms with van der Waals surface area (Å²) >= 11 is 2.29. The Morgan fingerprint density at radius 3 is 1.62 bits per heavy atom. The number of halogens is 7. The summed E-state index contributed by atoms with van der Waals surface area (Å²) in [6, 6.07) is 0.440. The molecule has 1 aromatic rings. The summed E-state index contributed by atoms with van der Waals surface area (Å²) in [6.45, 7) is 0. The highest BCUT2D eigenvalue weighted by molar-refractivity contribution is 9.10. The Kier molecular flexibility index (Phi) is 3.15. The molecule has 8 heteroatoms. The van der Waals surface area contributed by atoms with Crippen LogP contribution in [0.15, 0.2) is 16.6 Å². The highest BCUT2D eigenvalue weighted by atomic mass is 79.9. The first-order chi connectivity index (χ1) is 7.05. The molecule has 0 atom stereocenters. The van der Waals surface area contributed by atoms with Gasteiger partial charge in [-0.1, -0.05) is 0 Å². The van der Waals surface area contributed by atoms with Gasteiger partial charge in [-0.3, -0.25) is 0 Å². The van der Waals surface area contributed by atoms with E-state index in [1.54, 1.807) is 0 Å². The van der Waals surface area contributed by atoms with Crippen LogP contribution in [-0.4, -0.2) is 5.11 Å². The number of rotatable bonds is 0. The van der Waals surface area contributed by atoms with Crippen molar-refractivity contribution >= 4 is 15.9 Å². The van der Waals surface area contributed by atoms with E-state index in [9.17, 15) is 26.3 Å². The van der Waals surface area contributed by atoms with Gasteiger partial charge in [0, 0.05) is 0 Å². The summed E-state index contributed by atoms with van der Waals surface area (Å²) in [5.74, 6) is -1.47. The average molecular weight is 309 g/mol. The fraction of sp³-hybridized carbons (Fsp3) is 0.250. The molecule has 0 saturated heterocycles. The van der Waals surface area contributed by atoms with Gasteiger partial charge in [0.25, 0.3) is 0 Å². The predicted octanol–water partition coefficient (Wildman–Crippen LogP) is 4.19. The Labute approximate surface area is 93.8 Å². The van der Waals surface area contributed by atoms with Crippen molar-refractivity contribution in [1.29, 1.82) is 0 Å². The number of phenols is 1. The van der Waals surface area contributed by atoms with Crippen molar-refractivity contribution in [2.75, 3.05) is 0 Å². The second kappa shape index (κ2) is 3.83. The van der Waals surface area contributed by atoms with Gasteiger partial charge in [0.15, 0.2) is 0 Å². The fourth-order valence-electron chi connectivity index (χ4n) is 1.01. The Morgan fingerprint density at radius 2 is 1.25 bits per heavy atom. The average Bonchev–Trinajstić information content (AvgIpc) is 2.05. The molecule has 0 saturated carbocycles. The second-order valence-electron chi connectivity index (χ2n) is 2.82. The Morgan fingerprint density at radius 1 is 0.875 bits per heavy atom. The van der Waals surface area contributed by atoms with Gasteiger partial charge in [0.2, 0.25) is 0 Å². The third-order valence-electron chi connectivity index (χ3n) is 1.73. The van der Waals surface area contributed by atoms with E-state index in [-0.39, 0.29) is 12.1 Å². The molecule has 16 heavy (non-hydrogen) atoms. The van der Waals surface area contributed by atoms with Crippen LogP contribution in [0.5, 0.6) is 5.75 Å². The van der Waals surface area contributed by atoms with E-state index in [1.165, 1.54) is 0 Å². The lowest BCUT2D eigenvalue weighted by Gasteiger charge is -2.14.